The Hall–Kier alpha value is -4.68. The number of nitrogens with one attached hydrogen (secondary N) is 3. The number of amides is 4. The maximum Gasteiger partial charge on any atom is 0.407 e. The van der Waals surface area contributed by atoms with Gasteiger partial charge in [-0.2, -0.15) is 0 Å². The molecule has 1 heterocycles. The molecule has 250 valence electrons. The van der Waals surface area contributed by atoms with Gasteiger partial charge in [0.25, 0.3) is 0 Å². The summed E-state index contributed by atoms with van der Waals surface area (Å²) in [6, 6.07) is 24.8. The number of morpholine rings is 1. The molecule has 11 nitrogen and oxygen atoms in total. The van der Waals surface area contributed by atoms with E-state index in [-0.39, 0.29) is 24.0 Å². The lowest BCUT2D eigenvalue weighted by Gasteiger charge is -2.29. The molecule has 0 aliphatic carbocycles. The third kappa shape index (κ3) is 12.2. The summed E-state index contributed by atoms with van der Waals surface area (Å²) in [6.07, 6.45) is 2.69. The first-order valence-electron chi connectivity index (χ1n) is 15.7. The second-order valence-corrected chi connectivity index (χ2v) is 12.9. The van der Waals surface area contributed by atoms with Gasteiger partial charge in [0.2, 0.25) is 5.91 Å². The van der Waals surface area contributed by atoms with Crippen molar-refractivity contribution in [2.45, 2.75) is 49.3 Å². The van der Waals surface area contributed by atoms with Gasteiger partial charge >= 0.3 is 12.1 Å². The zero-order valence-corrected chi connectivity index (χ0v) is 27.1. The van der Waals surface area contributed by atoms with Crippen LogP contribution in [0.15, 0.2) is 107 Å². The second kappa shape index (κ2) is 18.5. The number of ether oxygens (including phenoxy) is 2. The minimum absolute atomic E-state index is 0.138. The largest absolute Gasteiger partial charge is 0.445 e. The first-order valence-corrected chi connectivity index (χ1v) is 17.2. The molecule has 4 rings (SSSR count). The van der Waals surface area contributed by atoms with Crippen LogP contribution in [0.4, 0.5) is 9.59 Å². The van der Waals surface area contributed by atoms with Crippen LogP contribution < -0.4 is 16.0 Å². The van der Waals surface area contributed by atoms with Gasteiger partial charge in [-0.05, 0) is 42.5 Å². The Kier molecular flexibility index (Phi) is 13.8. The van der Waals surface area contributed by atoms with Crippen molar-refractivity contribution < 1.29 is 32.3 Å². The van der Waals surface area contributed by atoms with E-state index in [2.05, 4.69) is 16.0 Å². The summed E-state index contributed by atoms with van der Waals surface area (Å²) in [5.74, 6) is -0.440. The lowest BCUT2D eigenvalue weighted by Crippen LogP contribution is -2.55. The maximum absolute atomic E-state index is 13.7. The number of hydrogen-bond acceptors (Lipinski definition) is 7. The van der Waals surface area contributed by atoms with E-state index in [0.29, 0.717) is 52.1 Å². The van der Waals surface area contributed by atoms with Crippen molar-refractivity contribution in [3.63, 3.8) is 0 Å². The number of hydrogen-bond donors (Lipinski definition) is 3. The molecule has 0 unspecified atom stereocenters. The van der Waals surface area contributed by atoms with Crippen molar-refractivity contribution in [2.24, 2.45) is 0 Å². The van der Waals surface area contributed by atoms with E-state index in [1.165, 1.54) is 18.2 Å². The van der Waals surface area contributed by atoms with E-state index in [1.807, 2.05) is 60.7 Å². The summed E-state index contributed by atoms with van der Waals surface area (Å²) in [5, 5.41) is 9.64. The molecule has 3 N–H and O–H groups in total. The van der Waals surface area contributed by atoms with Crippen LogP contribution in [0.2, 0.25) is 0 Å². The highest BCUT2D eigenvalue weighted by Gasteiger charge is 2.26. The van der Waals surface area contributed by atoms with E-state index in [0.717, 1.165) is 16.5 Å². The molecule has 3 aromatic rings. The monoisotopic (exact) mass is 662 g/mol. The fourth-order valence-corrected chi connectivity index (χ4v) is 6.00. The highest BCUT2D eigenvalue weighted by atomic mass is 32.2. The minimum atomic E-state index is -3.76. The Labute approximate surface area is 276 Å². The van der Waals surface area contributed by atoms with Gasteiger partial charge in [0.05, 0.1) is 18.1 Å². The van der Waals surface area contributed by atoms with E-state index >= 15 is 0 Å². The standard InChI is InChI=1S/C35H42N4O7S/c40-33(32(26-28-12-4-1-5-13-28)38-34(41)39-21-23-45-24-22-39)37-30(19-25-47(43,44)31-17-8-3-9-18-31)16-10-11-20-36-35(42)46-27-29-14-6-2-7-15-29/h1-9,12-15,17-19,25,30,32H,10-11,16,20-24,26-27H2,(H,36,42)(H,37,40)(H,38,41)/t30-,32-/m0/s1. The van der Waals surface area contributed by atoms with Gasteiger partial charge in [-0.25, -0.2) is 18.0 Å². The number of carbonyl (C=O) groups is 3. The van der Waals surface area contributed by atoms with Crippen molar-refractivity contribution in [1.82, 2.24) is 20.9 Å². The fourth-order valence-electron chi connectivity index (χ4n) is 4.91. The van der Waals surface area contributed by atoms with Crippen molar-refractivity contribution in [2.75, 3.05) is 32.8 Å². The SMILES string of the molecule is O=C(NCCCC[C@@H](C=CS(=O)(=O)c1ccccc1)NC(=O)[C@H](Cc1ccccc1)NC(=O)N1CCOCC1)OCc1ccccc1. The molecular formula is C35H42N4O7S. The quantitative estimate of drug-likeness (QED) is 0.207. The van der Waals surface area contributed by atoms with Gasteiger partial charge in [-0.1, -0.05) is 84.9 Å². The molecule has 0 radical (unpaired) electrons. The molecule has 12 heteroatoms. The molecule has 2 atom stereocenters. The summed E-state index contributed by atoms with van der Waals surface area (Å²) in [4.78, 5) is 40.6. The minimum Gasteiger partial charge on any atom is -0.445 e. The summed E-state index contributed by atoms with van der Waals surface area (Å²) in [6.45, 7) is 2.18. The number of alkyl carbamates (subject to hydrolysis) is 1. The summed E-state index contributed by atoms with van der Waals surface area (Å²) in [7, 11) is -3.76. The summed E-state index contributed by atoms with van der Waals surface area (Å²) in [5.41, 5.74) is 1.74. The predicted octanol–water partition coefficient (Wildman–Crippen LogP) is 4.21. The number of nitrogens with zero attached hydrogens (tertiary/aromatic N) is 1. The van der Waals surface area contributed by atoms with Crippen LogP contribution in [0.1, 0.15) is 30.4 Å². The van der Waals surface area contributed by atoms with Crippen molar-refractivity contribution in [3.05, 3.63) is 114 Å². The molecule has 0 saturated carbocycles. The molecule has 1 fully saturated rings. The van der Waals surface area contributed by atoms with Crippen LogP contribution in [0.25, 0.3) is 0 Å². The molecule has 1 saturated heterocycles. The maximum atomic E-state index is 13.7. The highest BCUT2D eigenvalue weighted by Crippen LogP contribution is 2.14. The summed E-state index contributed by atoms with van der Waals surface area (Å²) < 4.78 is 36.6. The van der Waals surface area contributed by atoms with Crippen LogP contribution in [0.5, 0.6) is 0 Å². The van der Waals surface area contributed by atoms with Crippen molar-refractivity contribution >= 4 is 27.9 Å². The molecule has 0 aromatic heterocycles. The number of carbonyl (C=O) groups excluding carboxylic acids is 3. The molecule has 47 heavy (non-hydrogen) atoms. The van der Waals surface area contributed by atoms with Crippen LogP contribution in [0, 0.1) is 0 Å². The van der Waals surface area contributed by atoms with Gasteiger partial charge < -0.3 is 30.3 Å². The van der Waals surface area contributed by atoms with Crippen LogP contribution in [-0.4, -0.2) is 76.3 Å². The zero-order chi connectivity index (χ0) is 33.3. The lowest BCUT2D eigenvalue weighted by molar-refractivity contribution is -0.123. The Bertz CT molecular complexity index is 1550. The molecule has 1 aliphatic rings. The van der Waals surface area contributed by atoms with Gasteiger partial charge in [-0.15, -0.1) is 0 Å². The van der Waals surface area contributed by atoms with E-state index in [9.17, 15) is 22.8 Å². The van der Waals surface area contributed by atoms with Crippen molar-refractivity contribution in [3.8, 4) is 0 Å². The molecule has 0 spiro atoms. The van der Waals surface area contributed by atoms with Gasteiger partial charge in [0.15, 0.2) is 9.84 Å². The normalized spacial score (nSPS) is 14.6. The lowest BCUT2D eigenvalue weighted by atomic mass is 10.0. The van der Waals surface area contributed by atoms with Crippen LogP contribution >= 0.6 is 0 Å². The second-order valence-electron chi connectivity index (χ2n) is 11.1. The third-order valence-electron chi connectivity index (χ3n) is 7.51. The average Bonchev–Trinajstić information content (AvgIpc) is 3.10. The summed E-state index contributed by atoms with van der Waals surface area (Å²) >= 11 is 0. The van der Waals surface area contributed by atoms with E-state index in [4.69, 9.17) is 9.47 Å². The first kappa shape index (κ1) is 35.2. The number of sulfone groups is 1. The molecule has 3 aromatic carbocycles. The molecular weight excluding hydrogens is 620 g/mol. The predicted molar refractivity (Wildman–Crippen MR) is 178 cm³/mol. The Morgan fingerprint density at radius 1 is 0.830 bits per heavy atom. The zero-order valence-electron chi connectivity index (χ0n) is 26.3. The number of unbranched alkanes of at least 4 members (excludes halogenated alkanes) is 1. The van der Waals surface area contributed by atoms with Crippen LogP contribution in [0.3, 0.4) is 0 Å². The first-order chi connectivity index (χ1) is 22.8. The molecule has 0 bridgehead atoms. The van der Waals surface area contributed by atoms with Gasteiger partial charge in [0.1, 0.15) is 12.6 Å². The van der Waals surface area contributed by atoms with Gasteiger partial charge in [-0.3, -0.25) is 4.79 Å². The Morgan fingerprint density at radius 2 is 1.45 bits per heavy atom. The fraction of sp³-hybridized carbons (Fsp3) is 0.343. The Morgan fingerprint density at radius 3 is 2.11 bits per heavy atom. The molecule has 1 aliphatic heterocycles. The van der Waals surface area contributed by atoms with Crippen molar-refractivity contribution in [1.29, 1.82) is 0 Å². The number of urea groups is 1. The highest BCUT2D eigenvalue weighted by molar-refractivity contribution is 7.94. The smallest absolute Gasteiger partial charge is 0.407 e. The number of benzene rings is 3. The van der Waals surface area contributed by atoms with E-state index < -0.39 is 33.9 Å². The molecule has 4 amide bonds. The van der Waals surface area contributed by atoms with Crippen LogP contribution in [-0.2, 0) is 37.1 Å². The average molecular weight is 663 g/mol. The topological polar surface area (TPSA) is 143 Å². The van der Waals surface area contributed by atoms with E-state index in [1.54, 1.807) is 23.1 Å². The van der Waals surface area contributed by atoms with Gasteiger partial charge in [0, 0.05) is 37.5 Å². The third-order valence-corrected chi connectivity index (χ3v) is 8.95. The Balaban J connectivity index is 1.39. The number of rotatable bonds is 15.